The summed E-state index contributed by atoms with van der Waals surface area (Å²) in [5.74, 6) is 0. The van der Waals surface area contributed by atoms with E-state index in [2.05, 4.69) is 67.2 Å². The van der Waals surface area contributed by atoms with Gasteiger partial charge in [0.2, 0.25) is 0 Å². The van der Waals surface area contributed by atoms with E-state index in [4.69, 9.17) is 0 Å². The SMILES string of the molecule is CCCN(C(C)(C)CC)C(C)(C)CC(C)(C)C. The molecule has 0 atom stereocenters. The molecule has 0 saturated carbocycles. The first kappa shape index (κ1) is 17.0. The Labute approximate surface area is 110 Å². The van der Waals surface area contributed by atoms with Crippen molar-refractivity contribution in [3.8, 4) is 0 Å². The van der Waals surface area contributed by atoms with Gasteiger partial charge in [0.25, 0.3) is 0 Å². The Balaban J connectivity index is 5.04. The standard InChI is InChI=1S/C16H35N/c1-10-12-17(15(6,7)11-2)16(8,9)13-14(3,4)5/h10-13H2,1-9H3. The third-order valence-corrected chi connectivity index (χ3v) is 3.74. The molecule has 0 aliphatic carbocycles. The average molecular weight is 241 g/mol. The number of nitrogens with zero attached hydrogens (tertiary/aromatic N) is 1. The van der Waals surface area contributed by atoms with Crippen LogP contribution in [0.15, 0.2) is 0 Å². The highest BCUT2D eigenvalue weighted by Gasteiger charge is 2.38. The van der Waals surface area contributed by atoms with Gasteiger partial charge < -0.3 is 0 Å². The Bertz CT molecular complexity index is 220. The maximum absolute atomic E-state index is 2.71. The minimum absolute atomic E-state index is 0.272. The smallest absolute Gasteiger partial charge is 0.0163 e. The topological polar surface area (TPSA) is 3.24 Å². The molecule has 0 spiro atoms. The fourth-order valence-corrected chi connectivity index (χ4v) is 3.23. The van der Waals surface area contributed by atoms with E-state index in [1.165, 1.54) is 25.8 Å². The third kappa shape index (κ3) is 5.42. The Morgan fingerprint density at radius 3 is 1.53 bits per heavy atom. The first-order valence-electron chi connectivity index (χ1n) is 7.24. The van der Waals surface area contributed by atoms with Crippen LogP contribution in [0, 0.1) is 5.41 Å². The van der Waals surface area contributed by atoms with Gasteiger partial charge in [-0.05, 0) is 58.9 Å². The Kier molecular flexibility index (Phi) is 5.72. The molecule has 1 nitrogen and oxygen atoms in total. The first-order valence-corrected chi connectivity index (χ1v) is 7.24. The summed E-state index contributed by atoms with van der Waals surface area (Å²) >= 11 is 0. The van der Waals surface area contributed by atoms with Gasteiger partial charge >= 0.3 is 0 Å². The van der Waals surface area contributed by atoms with Gasteiger partial charge in [0.1, 0.15) is 0 Å². The van der Waals surface area contributed by atoms with E-state index in [9.17, 15) is 0 Å². The summed E-state index contributed by atoms with van der Waals surface area (Å²) in [6.07, 6.45) is 3.68. The summed E-state index contributed by atoms with van der Waals surface area (Å²) in [6, 6.07) is 0. The number of rotatable bonds is 6. The molecule has 0 aromatic rings. The molecule has 0 fully saturated rings. The minimum atomic E-state index is 0.272. The van der Waals surface area contributed by atoms with Crippen LogP contribution in [0.2, 0.25) is 0 Å². The molecule has 0 aliphatic heterocycles. The largest absolute Gasteiger partial charge is 0.293 e. The molecule has 0 unspecified atom stereocenters. The molecule has 0 rings (SSSR count). The van der Waals surface area contributed by atoms with Crippen molar-refractivity contribution < 1.29 is 0 Å². The quantitative estimate of drug-likeness (QED) is 0.625. The Morgan fingerprint density at radius 1 is 0.765 bits per heavy atom. The van der Waals surface area contributed by atoms with Gasteiger partial charge in [0.05, 0.1) is 0 Å². The van der Waals surface area contributed by atoms with Crippen molar-refractivity contribution in [3.05, 3.63) is 0 Å². The average Bonchev–Trinajstić information content (AvgIpc) is 2.09. The van der Waals surface area contributed by atoms with Crippen LogP contribution in [-0.4, -0.2) is 22.5 Å². The first-order chi connectivity index (χ1) is 7.46. The second kappa shape index (κ2) is 5.73. The molecule has 0 aliphatic rings. The molecule has 0 radical (unpaired) electrons. The monoisotopic (exact) mass is 241 g/mol. The van der Waals surface area contributed by atoms with E-state index in [-0.39, 0.29) is 5.54 Å². The molecule has 17 heavy (non-hydrogen) atoms. The van der Waals surface area contributed by atoms with E-state index >= 15 is 0 Å². The zero-order valence-corrected chi connectivity index (χ0v) is 13.8. The van der Waals surface area contributed by atoms with E-state index in [0.29, 0.717) is 11.0 Å². The van der Waals surface area contributed by atoms with Gasteiger partial charge in [-0.2, -0.15) is 0 Å². The third-order valence-electron chi connectivity index (χ3n) is 3.74. The van der Waals surface area contributed by atoms with Crippen LogP contribution in [0.25, 0.3) is 0 Å². The number of hydrogen-bond acceptors (Lipinski definition) is 1. The molecule has 0 heterocycles. The molecule has 1 heteroatoms. The fraction of sp³-hybridized carbons (Fsp3) is 1.00. The van der Waals surface area contributed by atoms with Gasteiger partial charge in [-0.15, -0.1) is 0 Å². The lowest BCUT2D eigenvalue weighted by atomic mass is 9.78. The summed E-state index contributed by atoms with van der Waals surface area (Å²) in [5, 5.41) is 0. The van der Waals surface area contributed by atoms with Crippen molar-refractivity contribution in [1.29, 1.82) is 0 Å². The molecular formula is C16H35N. The van der Waals surface area contributed by atoms with Crippen LogP contribution in [0.4, 0.5) is 0 Å². The maximum Gasteiger partial charge on any atom is 0.0163 e. The van der Waals surface area contributed by atoms with Gasteiger partial charge in [0.15, 0.2) is 0 Å². The van der Waals surface area contributed by atoms with Crippen LogP contribution in [0.5, 0.6) is 0 Å². The van der Waals surface area contributed by atoms with Crippen LogP contribution >= 0.6 is 0 Å². The summed E-state index contributed by atoms with van der Waals surface area (Å²) in [7, 11) is 0. The molecule has 0 saturated heterocycles. The molecule has 104 valence electrons. The highest BCUT2D eigenvalue weighted by molar-refractivity contribution is 4.93. The lowest BCUT2D eigenvalue weighted by Crippen LogP contribution is -2.56. The zero-order chi connectivity index (χ0) is 13.9. The second-order valence-electron chi connectivity index (χ2n) is 7.87. The van der Waals surface area contributed by atoms with Crippen molar-refractivity contribution >= 4 is 0 Å². The number of hydrogen-bond donors (Lipinski definition) is 0. The lowest BCUT2D eigenvalue weighted by molar-refractivity contribution is -0.00872. The molecule has 0 N–H and O–H groups in total. The van der Waals surface area contributed by atoms with Gasteiger partial charge in [-0.1, -0.05) is 34.6 Å². The molecule has 0 amide bonds. The summed E-state index contributed by atoms with van der Waals surface area (Å²) in [4.78, 5) is 2.71. The van der Waals surface area contributed by atoms with Crippen molar-refractivity contribution in [2.45, 2.75) is 92.7 Å². The van der Waals surface area contributed by atoms with Crippen molar-refractivity contribution in [1.82, 2.24) is 4.90 Å². The highest BCUT2D eigenvalue weighted by Crippen LogP contribution is 2.36. The van der Waals surface area contributed by atoms with E-state index in [1.807, 2.05) is 0 Å². The van der Waals surface area contributed by atoms with Crippen molar-refractivity contribution in [2.75, 3.05) is 6.54 Å². The van der Waals surface area contributed by atoms with E-state index in [1.54, 1.807) is 0 Å². The molecule has 0 aromatic carbocycles. The van der Waals surface area contributed by atoms with Crippen LogP contribution < -0.4 is 0 Å². The lowest BCUT2D eigenvalue weighted by Gasteiger charge is -2.50. The predicted molar refractivity (Wildman–Crippen MR) is 79.5 cm³/mol. The van der Waals surface area contributed by atoms with Gasteiger partial charge in [0, 0.05) is 11.1 Å². The van der Waals surface area contributed by atoms with Crippen LogP contribution in [0.3, 0.4) is 0 Å². The second-order valence-corrected chi connectivity index (χ2v) is 7.87. The zero-order valence-electron chi connectivity index (χ0n) is 13.8. The molecular weight excluding hydrogens is 206 g/mol. The van der Waals surface area contributed by atoms with Crippen LogP contribution in [0.1, 0.15) is 81.6 Å². The summed E-state index contributed by atoms with van der Waals surface area (Å²) in [5.41, 5.74) is 0.956. The summed E-state index contributed by atoms with van der Waals surface area (Å²) in [6.45, 7) is 22.4. The normalized spacial score (nSPS) is 14.5. The van der Waals surface area contributed by atoms with Crippen molar-refractivity contribution in [2.24, 2.45) is 5.41 Å². The van der Waals surface area contributed by atoms with E-state index < -0.39 is 0 Å². The minimum Gasteiger partial charge on any atom is -0.293 e. The Hall–Kier alpha value is -0.0400. The predicted octanol–water partition coefficient (Wildman–Crippen LogP) is 5.10. The summed E-state index contributed by atoms with van der Waals surface area (Å²) < 4.78 is 0. The van der Waals surface area contributed by atoms with Gasteiger partial charge in [-0.25, -0.2) is 0 Å². The van der Waals surface area contributed by atoms with Crippen LogP contribution in [-0.2, 0) is 0 Å². The van der Waals surface area contributed by atoms with E-state index in [0.717, 1.165) is 0 Å². The molecule has 0 bridgehead atoms. The van der Waals surface area contributed by atoms with Crippen molar-refractivity contribution in [3.63, 3.8) is 0 Å². The maximum atomic E-state index is 2.71. The highest BCUT2D eigenvalue weighted by atomic mass is 15.2. The van der Waals surface area contributed by atoms with Gasteiger partial charge in [-0.3, -0.25) is 4.90 Å². The molecule has 0 aromatic heterocycles. The Morgan fingerprint density at radius 2 is 1.24 bits per heavy atom. The fourth-order valence-electron chi connectivity index (χ4n) is 3.23.